The topological polar surface area (TPSA) is 109 Å². The molecular formula is C26H27N3O5. The Bertz CT molecular complexity index is 1190. The fourth-order valence-electron chi connectivity index (χ4n) is 4.55. The maximum absolute atomic E-state index is 13.4. The van der Waals surface area contributed by atoms with E-state index in [1.54, 1.807) is 30.3 Å². The van der Waals surface area contributed by atoms with E-state index in [1.165, 1.54) is 4.90 Å². The molecule has 2 fully saturated rings. The van der Waals surface area contributed by atoms with Gasteiger partial charge >= 0.3 is 0 Å². The summed E-state index contributed by atoms with van der Waals surface area (Å²) in [5.74, 6) is 0.168. The summed E-state index contributed by atoms with van der Waals surface area (Å²) in [6.07, 6.45) is 2.99. The quantitative estimate of drug-likeness (QED) is 0.568. The molecule has 0 saturated carbocycles. The number of oxazole rings is 1. The van der Waals surface area contributed by atoms with Crippen LogP contribution in [0.15, 0.2) is 46.9 Å². The zero-order valence-corrected chi connectivity index (χ0v) is 18.9. The molecule has 1 N–H and O–H groups in total. The first kappa shape index (κ1) is 22.5. The molecule has 3 aromatic rings. The van der Waals surface area contributed by atoms with Crippen molar-refractivity contribution in [2.45, 2.75) is 57.0 Å². The Morgan fingerprint density at radius 3 is 2.50 bits per heavy atom. The van der Waals surface area contributed by atoms with E-state index in [9.17, 15) is 9.90 Å². The molecule has 2 aliphatic rings. The van der Waals surface area contributed by atoms with Gasteiger partial charge in [0.05, 0.1) is 11.6 Å². The third-order valence-electron chi connectivity index (χ3n) is 6.41. The summed E-state index contributed by atoms with van der Waals surface area (Å²) in [6.45, 7) is 1.12. The van der Waals surface area contributed by atoms with E-state index >= 15 is 0 Å². The maximum Gasteiger partial charge on any atom is 0.258 e. The van der Waals surface area contributed by atoms with E-state index < -0.39 is 18.4 Å². The van der Waals surface area contributed by atoms with Crippen LogP contribution in [-0.4, -0.2) is 47.6 Å². The first-order valence-electron chi connectivity index (χ1n) is 11.8. The van der Waals surface area contributed by atoms with Crippen molar-refractivity contribution in [3.63, 3.8) is 0 Å². The zero-order valence-electron chi connectivity index (χ0n) is 18.9. The Morgan fingerprint density at radius 2 is 1.82 bits per heavy atom. The SMILES string of the molecule is N#Cc1ccc2oc(-c3ccc(N(C(=O)C4CCCCO4)C(O)C4CCCCO4)cc3)nc2c1. The van der Waals surface area contributed by atoms with Gasteiger partial charge in [0.1, 0.15) is 17.7 Å². The Balaban J connectivity index is 1.43. The van der Waals surface area contributed by atoms with Gasteiger partial charge in [0, 0.05) is 24.5 Å². The molecule has 0 spiro atoms. The van der Waals surface area contributed by atoms with Crippen molar-refractivity contribution in [3.05, 3.63) is 48.0 Å². The molecule has 0 bridgehead atoms. The predicted octanol–water partition coefficient (Wildman–Crippen LogP) is 4.16. The molecule has 34 heavy (non-hydrogen) atoms. The van der Waals surface area contributed by atoms with Crippen LogP contribution in [0.4, 0.5) is 5.69 Å². The zero-order chi connectivity index (χ0) is 23.5. The first-order chi connectivity index (χ1) is 16.6. The van der Waals surface area contributed by atoms with Crippen LogP contribution in [0.2, 0.25) is 0 Å². The lowest BCUT2D eigenvalue weighted by Gasteiger charge is -2.37. The third kappa shape index (κ3) is 4.55. The number of ether oxygens (including phenoxy) is 2. The minimum absolute atomic E-state index is 0.250. The highest BCUT2D eigenvalue weighted by Crippen LogP contribution is 2.30. The lowest BCUT2D eigenvalue weighted by Crippen LogP contribution is -2.53. The molecule has 3 atom stereocenters. The molecular weight excluding hydrogens is 434 g/mol. The number of carbonyl (C=O) groups excluding carboxylic acids is 1. The number of anilines is 1. The molecule has 0 radical (unpaired) electrons. The van der Waals surface area contributed by atoms with Gasteiger partial charge in [-0.25, -0.2) is 4.98 Å². The molecule has 8 heteroatoms. The van der Waals surface area contributed by atoms with Gasteiger partial charge in [0.2, 0.25) is 5.89 Å². The molecule has 8 nitrogen and oxygen atoms in total. The normalized spacial score (nSPS) is 21.6. The summed E-state index contributed by atoms with van der Waals surface area (Å²) in [5.41, 5.74) is 3.00. The minimum Gasteiger partial charge on any atom is -0.436 e. The van der Waals surface area contributed by atoms with Crippen LogP contribution in [-0.2, 0) is 14.3 Å². The van der Waals surface area contributed by atoms with Crippen molar-refractivity contribution in [1.82, 2.24) is 4.98 Å². The van der Waals surface area contributed by atoms with Crippen molar-refractivity contribution < 1.29 is 23.8 Å². The van der Waals surface area contributed by atoms with Gasteiger partial charge in [-0.3, -0.25) is 9.69 Å². The van der Waals surface area contributed by atoms with Crippen LogP contribution >= 0.6 is 0 Å². The number of benzene rings is 2. The van der Waals surface area contributed by atoms with Crippen LogP contribution in [0.25, 0.3) is 22.6 Å². The number of amides is 1. The maximum atomic E-state index is 13.4. The van der Waals surface area contributed by atoms with Crippen LogP contribution in [0.5, 0.6) is 0 Å². The molecule has 3 unspecified atom stereocenters. The number of fused-ring (bicyclic) bond motifs is 1. The largest absolute Gasteiger partial charge is 0.436 e. The van der Waals surface area contributed by atoms with Gasteiger partial charge in [0.25, 0.3) is 5.91 Å². The molecule has 2 aliphatic heterocycles. The van der Waals surface area contributed by atoms with Crippen molar-refractivity contribution in [2.24, 2.45) is 0 Å². The molecule has 2 saturated heterocycles. The van der Waals surface area contributed by atoms with Crippen LogP contribution in [0.1, 0.15) is 44.1 Å². The molecule has 5 rings (SSSR count). The number of rotatable bonds is 5. The predicted molar refractivity (Wildman–Crippen MR) is 125 cm³/mol. The highest BCUT2D eigenvalue weighted by Gasteiger charge is 2.36. The van der Waals surface area contributed by atoms with Crippen LogP contribution in [0, 0.1) is 11.3 Å². The van der Waals surface area contributed by atoms with E-state index in [1.807, 2.05) is 12.1 Å². The van der Waals surface area contributed by atoms with Gasteiger partial charge in [-0.05, 0) is 81.0 Å². The number of aliphatic hydroxyl groups excluding tert-OH is 1. The summed E-state index contributed by atoms with van der Waals surface area (Å²) in [6, 6.07) is 14.4. The van der Waals surface area contributed by atoms with E-state index in [2.05, 4.69) is 11.1 Å². The Hall–Kier alpha value is -3.25. The Morgan fingerprint density at radius 1 is 1.06 bits per heavy atom. The summed E-state index contributed by atoms with van der Waals surface area (Å²) < 4.78 is 17.4. The monoisotopic (exact) mass is 461 g/mol. The van der Waals surface area contributed by atoms with E-state index in [-0.39, 0.29) is 5.91 Å². The third-order valence-corrected chi connectivity index (χ3v) is 6.41. The summed E-state index contributed by atoms with van der Waals surface area (Å²) >= 11 is 0. The van der Waals surface area contributed by atoms with Gasteiger partial charge < -0.3 is 19.0 Å². The number of hydrogen-bond donors (Lipinski definition) is 1. The number of nitriles is 1. The fourth-order valence-corrected chi connectivity index (χ4v) is 4.55. The standard InChI is InChI=1S/C26H27N3O5/c27-16-17-7-12-21-20(15-17)28-24(34-21)18-8-10-19(11-9-18)29(25(30)22-5-1-3-13-32-22)26(31)23-6-2-4-14-33-23/h7-12,15,22-23,25,30H,1-6,13-14H2. The highest BCUT2D eigenvalue weighted by molar-refractivity contribution is 5.97. The number of carbonyl (C=O) groups is 1. The van der Waals surface area contributed by atoms with Gasteiger partial charge in [-0.1, -0.05) is 0 Å². The number of aliphatic hydroxyl groups is 1. The van der Waals surface area contributed by atoms with E-state index in [0.717, 1.165) is 31.2 Å². The van der Waals surface area contributed by atoms with Gasteiger partial charge in [-0.15, -0.1) is 0 Å². The molecule has 2 aromatic carbocycles. The van der Waals surface area contributed by atoms with Crippen molar-refractivity contribution in [3.8, 4) is 17.5 Å². The Labute approximate surface area is 197 Å². The number of nitrogens with zero attached hydrogens (tertiary/aromatic N) is 3. The second kappa shape index (κ2) is 9.94. The summed E-state index contributed by atoms with van der Waals surface area (Å²) in [7, 11) is 0. The van der Waals surface area contributed by atoms with Crippen LogP contribution in [0.3, 0.4) is 0 Å². The number of hydrogen-bond acceptors (Lipinski definition) is 7. The molecule has 0 aliphatic carbocycles. The number of aromatic nitrogens is 1. The molecule has 1 aromatic heterocycles. The smallest absolute Gasteiger partial charge is 0.258 e. The van der Waals surface area contributed by atoms with Crippen LogP contribution < -0.4 is 4.90 Å². The highest BCUT2D eigenvalue weighted by atomic mass is 16.5. The lowest BCUT2D eigenvalue weighted by molar-refractivity contribution is -0.138. The average Bonchev–Trinajstić information content (AvgIpc) is 3.33. The van der Waals surface area contributed by atoms with Crippen molar-refractivity contribution in [1.29, 1.82) is 5.26 Å². The van der Waals surface area contributed by atoms with E-state index in [4.69, 9.17) is 19.2 Å². The molecule has 1 amide bonds. The van der Waals surface area contributed by atoms with E-state index in [0.29, 0.717) is 54.3 Å². The molecule has 3 heterocycles. The van der Waals surface area contributed by atoms with Crippen molar-refractivity contribution in [2.75, 3.05) is 18.1 Å². The fraction of sp³-hybridized carbons (Fsp3) is 0.423. The van der Waals surface area contributed by atoms with Crippen molar-refractivity contribution >= 4 is 22.7 Å². The average molecular weight is 462 g/mol. The minimum atomic E-state index is -1.10. The van der Waals surface area contributed by atoms with Gasteiger partial charge in [0.15, 0.2) is 11.8 Å². The summed E-state index contributed by atoms with van der Waals surface area (Å²) in [4.78, 5) is 19.4. The second-order valence-electron chi connectivity index (χ2n) is 8.74. The Kier molecular flexibility index (Phi) is 6.59. The molecule has 176 valence electrons. The lowest BCUT2D eigenvalue weighted by atomic mass is 10.0. The first-order valence-corrected chi connectivity index (χ1v) is 11.8. The summed E-state index contributed by atoms with van der Waals surface area (Å²) in [5, 5.41) is 20.3. The van der Waals surface area contributed by atoms with Gasteiger partial charge in [-0.2, -0.15) is 5.26 Å². The second-order valence-corrected chi connectivity index (χ2v) is 8.74.